The monoisotopic (exact) mass is 436 g/mol. The summed E-state index contributed by atoms with van der Waals surface area (Å²) in [6, 6.07) is 16.6. The van der Waals surface area contributed by atoms with Gasteiger partial charge in [0, 0.05) is 25.6 Å². The van der Waals surface area contributed by atoms with Gasteiger partial charge in [0.25, 0.3) is 0 Å². The molecule has 0 radical (unpaired) electrons. The van der Waals surface area contributed by atoms with E-state index in [0.29, 0.717) is 32.2 Å². The van der Waals surface area contributed by atoms with Crippen molar-refractivity contribution in [1.29, 1.82) is 0 Å². The zero-order valence-corrected chi connectivity index (χ0v) is 19.1. The highest BCUT2D eigenvalue weighted by atomic mass is 16.6. The van der Waals surface area contributed by atoms with Crippen molar-refractivity contribution < 1.29 is 19.1 Å². The van der Waals surface area contributed by atoms with Crippen molar-refractivity contribution in [2.45, 2.75) is 45.1 Å². The number of likely N-dealkylation sites (tertiary alicyclic amines) is 1. The Morgan fingerprint density at radius 3 is 2.09 bits per heavy atom. The quantitative estimate of drug-likeness (QED) is 0.718. The fourth-order valence-corrected chi connectivity index (χ4v) is 4.52. The molecule has 6 heteroatoms. The highest BCUT2D eigenvalue weighted by Gasteiger charge is 2.30. The normalized spacial score (nSPS) is 16.3. The van der Waals surface area contributed by atoms with E-state index in [0.717, 1.165) is 12.8 Å². The van der Waals surface area contributed by atoms with Crippen molar-refractivity contribution in [2.75, 3.05) is 26.2 Å². The Labute approximate surface area is 189 Å². The molecule has 1 aliphatic carbocycles. The molecule has 2 aliphatic rings. The minimum absolute atomic E-state index is 0.0604. The number of carbonyl (C=O) groups is 2. The lowest BCUT2D eigenvalue weighted by Crippen LogP contribution is -2.43. The SMILES string of the molecule is CC(C)(C)OC(=O)N1CCC(CNC(=O)OCC2c3ccccc3-c3ccccc32)CC1. The smallest absolute Gasteiger partial charge is 0.410 e. The number of nitrogens with zero attached hydrogens (tertiary/aromatic N) is 1. The van der Waals surface area contributed by atoms with E-state index in [2.05, 4.69) is 29.6 Å². The van der Waals surface area contributed by atoms with Crippen molar-refractivity contribution in [3.63, 3.8) is 0 Å². The molecule has 0 atom stereocenters. The van der Waals surface area contributed by atoms with E-state index in [1.807, 2.05) is 45.0 Å². The van der Waals surface area contributed by atoms with Gasteiger partial charge in [-0.05, 0) is 61.8 Å². The average Bonchev–Trinajstić information content (AvgIpc) is 3.09. The second-order valence-corrected chi connectivity index (χ2v) is 9.62. The van der Waals surface area contributed by atoms with E-state index in [1.165, 1.54) is 22.3 Å². The first-order chi connectivity index (χ1) is 15.3. The Hall–Kier alpha value is -3.02. The van der Waals surface area contributed by atoms with E-state index in [9.17, 15) is 9.59 Å². The maximum absolute atomic E-state index is 12.4. The van der Waals surface area contributed by atoms with Crippen molar-refractivity contribution >= 4 is 12.2 Å². The van der Waals surface area contributed by atoms with E-state index in [1.54, 1.807) is 4.90 Å². The molecule has 32 heavy (non-hydrogen) atoms. The molecular weight excluding hydrogens is 404 g/mol. The first kappa shape index (κ1) is 22.2. The number of piperidine rings is 1. The lowest BCUT2D eigenvalue weighted by Gasteiger charge is -2.33. The molecule has 6 nitrogen and oxygen atoms in total. The van der Waals surface area contributed by atoms with Crippen LogP contribution >= 0.6 is 0 Å². The fraction of sp³-hybridized carbons (Fsp3) is 0.462. The zero-order valence-electron chi connectivity index (χ0n) is 19.1. The molecule has 170 valence electrons. The molecule has 1 saturated heterocycles. The number of carbonyl (C=O) groups excluding carboxylic acids is 2. The minimum atomic E-state index is -0.487. The molecule has 0 spiro atoms. The summed E-state index contributed by atoms with van der Waals surface area (Å²) in [4.78, 5) is 26.3. The summed E-state index contributed by atoms with van der Waals surface area (Å²) in [7, 11) is 0. The van der Waals surface area contributed by atoms with Gasteiger partial charge in [0.15, 0.2) is 0 Å². The highest BCUT2D eigenvalue weighted by molar-refractivity contribution is 5.79. The van der Waals surface area contributed by atoms with Crippen molar-refractivity contribution in [3.05, 3.63) is 59.7 Å². The van der Waals surface area contributed by atoms with Crippen LogP contribution in [0.15, 0.2) is 48.5 Å². The van der Waals surface area contributed by atoms with Gasteiger partial charge in [-0.2, -0.15) is 0 Å². The van der Waals surface area contributed by atoms with Crippen LogP contribution in [0.25, 0.3) is 11.1 Å². The second-order valence-electron chi connectivity index (χ2n) is 9.62. The highest BCUT2D eigenvalue weighted by Crippen LogP contribution is 2.44. The Balaban J connectivity index is 1.24. The van der Waals surface area contributed by atoms with Gasteiger partial charge >= 0.3 is 12.2 Å². The number of nitrogens with one attached hydrogen (secondary N) is 1. The third-order valence-electron chi connectivity index (χ3n) is 6.14. The van der Waals surface area contributed by atoms with Crippen LogP contribution in [0.2, 0.25) is 0 Å². The number of hydrogen-bond acceptors (Lipinski definition) is 4. The molecule has 1 N–H and O–H groups in total. The van der Waals surface area contributed by atoms with Crippen molar-refractivity contribution in [1.82, 2.24) is 10.2 Å². The van der Waals surface area contributed by atoms with Crippen LogP contribution < -0.4 is 5.32 Å². The van der Waals surface area contributed by atoms with Crippen LogP contribution in [0.5, 0.6) is 0 Å². The third-order valence-corrected chi connectivity index (χ3v) is 6.14. The number of rotatable bonds is 4. The topological polar surface area (TPSA) is 67.9 Å². The molecule has 4 rings (SSSR count). The number of alkyl carbamates (subject to hydrolysis) is 1. The molecule has 2 aromatic carbocycles. The number of benzene rings is 2. The summed E-state index contributed by atoms with van der Waals surface area (Å²) < 4.78 is 11.0. The van der Waals surface area contributed by atoms with Crippen LogP contribution in [-0.4, -0.2) is 48.9 Å². The van der Waals surface area contributed by atoms with E-state index in [4.69, 9.17) is 9.47 Å². The number of amides is 2. The minimum Gasteiger partial charge on any atom is -0.449 e. The summed E-state index contributed by atoms with van der Waals surface area (Å²) >= 11 is 0. The Morgan fingerprint density at radius 1 is 0.969 bits per heavy atom. The van der Waals surface area contributed by atoms with Gasteiger partial charge in [0.05, 0.1) is 0 Å². The predicted octanol–water partition coefficient (Wildman–Crippen LogP) is 5.17. The number of ether oxygens (including phenoxy) is 2. The predicted molar refractivity (Wildman–Crippen MR) is 124 cm³/mol. The molecule has 0 aromatic heterocycles. The molecular formula is C26H32N2O4. The first-order valence-electron chi connectivity index (χ1n) is 11.4. The summed E-state index contributed by atoms with van der Waals surface area (Å²) in [5.74, 6) is 0.388. The summed E-state index contributed by atoms with van der Waals surface area (Å²) in [5.41, 5.74) is 4.36. The molecule has 1 aliphatic heterocycles. The van der Waals surface area contributed by atoms with Gasteiger partial charge in [-0.3, -0.25) is 0 Å². The zero-order chi connectivity index (χ0) is 22.7. The fourth-order valence-electron chi connectivity index (χ4n) is 4.52. The molecule has 0 saturated carbocycles. The third kappa shape index (κ3) is 5.06. The number of hydrogen-bond donors (Lipinski definition) is 1. The first-order valence-corrected chi connectivity index (χ1v) is 11.4. The van der Waals surface area contributed by atoms with E-state index < -0.39 is 5.60 Å². The van der Waals surface area contributed by atoms with Gasteiger partial charge < -0.3 is 19.7 Å². The van der Waals surface area contributed by atoms with Gasteiger partial charge in [-0.1, -0.05) is 48.5 Å². The molecule has 2 amide bonds. The van der Waals surface area contributed by atoms with Gasteiger partial charge in [-0.15, -0.1) is 0 Å². The Morgan fingerprint density at radius 2 is 1.53 bits per heavy atom. The Bertz CT molecular complexity index is 928. The van der Waals surface area contributed by atoms with Gasteiger partial charge in [0.1, 0.15) is 12.2 Å². The second kappa shape index (κ2) is 9.23. The Kier molecular flexibility index (Phi) is 6.40. The standard InChI is InChI=1S/C26H32N2O4/c1-26(2,3)32-25(30)28-14-12-18(13-15-28)16-27-24(29)31-17-23-21-10-6-4-8-19(21)20-9-5-7-11-22(20)23/h4-11,18,23H,12-17H2,1-3H3,(H,27,29). The van der Waals surface area contributed by atoms with Crippen molar-refractivity contribution in [2.24, 2.45) is 5.92 Å². The lowest BCUT2D eigenvalue weighted by molar-refractivity contribution is 0.0183. The molecule has 1 heterocycles. The van der Waals surface area contributed by atoms with Gasteiger partial charge in [0.2, 0.25) is 0 Å². The van der Waals surface area contributed by atoms with E-state index in [-0.39, 0.29) is 18.1 Å². The van der Waals surface area contributed by atoms with Crippen LogP contribution in [0, 0.1) is 5.92 Å². The molecule has 0 bridgehead atoms. The number of fused-ring (bicyclic) bond motifs is 3. The molecule has 2 aromatic rings. The molecule has 1 fully saturated rings. The lowest BCUT2D eigenvalue weighted by atomic mass is 9.97. The molecule has 0 unspecified atom stereocenters. The van der Waals surface area contributed by atoms with Crippen LogP contribution in [0.3, 0.4) is 0 Å². The average molecular weight is 437 g/mol. The van der Waals surface area contributed by atoms with Crippen LogP contribution in [-0.2, 0) is 9.47 Å². The maximum atomic E-state index is 12.4. The van der Waals surface area contributed by atoms with Crippen LogP contribution in [0.4, 0.5) is 9.59 Å². The summed E-state index contributed by atoms with van der Waals surface area (Å²) in [6.07, 6.45) is 1.02. The summed E-state index contributed by atoms with van der Waals surface area (Å²) in [6.45, 7) is 7.77. The van der Waals surface area contributed by atoms with Gasteiger partial charge in [-0.25, -0.2) is 9.59 Å². The van der Waals surface area contributed by atoms with E-state index >= 15 is 0 Å². The summed E-state index contributed by atoms with van der Waals surface area (Å²) in [5, 5.41) is 2.91. The van der Waals surface area contributed by atoms with Crippen LogP contribution in [0.1, 0.15) is 50.7 Å². The largest absolute Gasteiger partial charge is 0.449 e. The maximum Gasteiger partial charge on any atom is 0.410 e. The van der Waals surface area contributed by atoms with Crippen molar-refractivity contribution in [3.8, 4) is 11.1 Å².